The second-order valence-electron chi connectivity index (χ2n) is 5.10. The molecule has 1 aromatic heterocycles. The van der Waals surface area contributed by atoms with Crippen LogP contribution < -0.4 is 10.1 Å². The standard InChI is InChI=1S/C17H21BrN2O/c1-4-9-19-13(3)16-10-14(18)6-8-17(16)21-15-7-5-12(2)20-11-15/h5-8,10-11,13,19H,4,9H2,1-3H3. The molecule has 0 bridgehead atoms. The van der Waals surface area contributed by atoms with Crippen LogP contribution in [0.2, 0.25) is 0 Å². The largest absolute Gasteiger partial charge is 0.455 e. The molecule has 0 fully saturated rings. The molecule has 0 spiro atoms. The number of hydrogen-bond acceptors (Lipinski definition) is 3. The first-order valence-electron chi connectivity index (χ1n) is 7.23. The average Bonchev–Trinajstić information content (AvgIpc) is 2.49. The summed E-state index contributed by atoms with van der Waals surface area (Å²) in [7, 11) is 0. The lowest BCUT2D eigenvalue weighted by atomic mass is 10.1. The van der Waals surface area contributed by atoms with Gasteiger partial charge in [0, 0.05) is 21.8 Å². The minimum atomic E-state index is 0.232. The third-order valence-corrected chi connectivity index (χ3v) is 3.74. The molecule has 3 nitrogen and oxygen atoms in total. The Hall–Kier alpha value is -1.39. The summed E-state index contributed by atoms with van der Waals surface area (Å²) in [6, 6.07) is 10.2. The predicted octanol–water partition coefficient (Wildman–Crippen LogP) is 5.01. The first-order chi connectivity index (χ1) is 10.1. The van der Waals surface area contributed by atoms with Crippen LogP contribution in [0.4, 0.5) is 0 Å². The van der Waals surface area contributed by atoms with Crippen molar-refractivity contribution in [2.75, 3.05) is 6.54 Å². The van der Waals surface area contributed by atoms with Crippen molar-refractivity contribution in [2.45, 2.75) is 33.2 Å². The van der Waals surface area contributed by atoms with E-state index in [1.807, 2.05) is 31.2 Å². The first kappa shape index (κ1) is 16.0. The van der Waals surface area contributed by atoms with Gasteiger partial charge in [0.25, 0.3) is 0 Å². The van der Waals surface area contributed by atoms with Crippen LogP contribution in [0.15, 0.2) is 41.0 Å². The number of aromatic nitrogens is 1. The van der Waals surface area contributed by atoms with E-state index in [1.54, 1.807) is 6.20 Å². The van der Waals surface area contributed by atoms with E-state index in [2.05, 4.69) is 46.1 Å². The Morgan fingerprint density at radius 1 is 1.29 bits per heavy atom. The van der Waals surface area contributed by atoms with Crippen molar-refractivity contribution >= 4 is 15.9 Å². The topological polar surface area (TPSA) is 34.1 Å². The monoisotopic (exact) mass is 348 g/mol. The highest BCUT2D eigenvalue weighted by Crippen LogP contribution is 2.32. The minimum absolute atomic E-state index is 0.232. The maximum absolute atomic E-state index is 6.00. The van der Waals surface area contributed by atoms with Gasteiger partial charge in [0.1, 0.15) is 11.5 Å². The molecule has 2 rings (SSSR count). The zero-order chi connectivity index (χ0) is 15.2. The molecule has 0 saturated heterocycles. The molecular weight excluding hydrogens is 328 g/mol. The fraction of sp³-hybridized carbons (Fsp3) is 0.353. The zero-order valence-corrected chi connectivity index (χ0v) is 14.3. The predicted molar refractivity (Wildman–Crippen MR) is 89.9 cm³/mol. The highest BCUT2D eigenvalue weighted by molar-refractivity contribution is 9.10. The van der Waals surface area contributed by atoms with Crippen molar-refractivity contribution in [1.82, 2.24) is 10.3 Å². The molecule has 1 aromatic carbocycles. The number of nitrogens with one attached hydrogen (secondary N) is 1. The Morgan fingerprint density at radius 2 is 2.10 bits per heavy atom. The van der Waals surface area contributed by atoms with Crippen molar-refractivity contribution in [3.05, 3.63) is 52.3 Å². The molecule has 1 heterocycles. The smallest absolute Gasteiger partial charge is 0.145 e. The van der Waals surface area contributed by atoms with Gasteiger partial charge in [0.2, 0.25) is 0 Å². The summed E-state index contributed by atoms with van der Waals surface area (Å²) in [5, 5.41) is 3.49. The van der Waals surface area contributed by atoms with E-state index in [1.165, 1.54) is 0 Å². The SMILES string of the molecule is CCCNC(C)c1cc(Br)ccc1Oc1ccc(C)nc1. The maximum Gasteiger partial charge on any atom is 0.145 e. The van der Waals surface area contributed by atoms with Crippen molar-refractivity contribution in [1.29, 1.82) is 0 Å². The third kappa shape index (κ3) is 4.55. The van der Waals surface area contributed by atoms with Crippen LogP contribution in [0, 0.1) is 6.92 Å². The van der Waals surface area contributed by atoms with Crippen molar-refractivity contribution in [3.63, 3.8) is 0 Å². The molecule has 2 aromatic rings. The molecule has 1 N–H and O–H groups in total. The molecule has 0 amide bonds. The molecule has 112 valence electrons. The summed E-state index contributed by atoms with van der Waals surface area (Å²) >= 11 is 3.53. The van der Waals surface area contributed by atoms with Gasteiger partial charge in [-0.25, -0.2) is 0 Å². The second-order valence-corrected chi connectivity index (χ2v) is 6.01. The number of ether oxygens (including phenoxy) is 1. The van der Waals surface area contributed by atoms with Gasteiger partial charge in [-0.1, -0.05) is 22.9 Å². The van der Waals surface area contributed by atoms with Gasteiger partial charge in [-0.3, -0.25) is 4.98 Å². The zero-order valence-electron chi connectivity index (χ0n) is 12.7. The van der Waals surface area contributed by atoms with Gasteiger partial charge in [-0.2, -0.15) is 0 Å². The lowest BCUT2D eigenvalue weighted by Crippen LogP contribution is -2.19. The highest BCUT2D eigenvalue weighted by atomic mass is 79.9. The number of benzene rings is 1. The second kappa shape index (κ2) is 7.57. The van der Waals surface area contributed by atoms with E-state index >= 15 is 0 Å². The lowest BCUT2D eigenvalue weighted by molar-refractivity contribution is 0.458. The molecule has 0 aliphatic heterocycles. The molecule has 0 saturated carbocycles. The first-order valence-corrected chi connectivity index (χ1v) is 8.02. The molecule has 0 aliphatic carbocycles. The molecule has 0 radical (unpaired) electrons. The van der Waals surface area contributed by atoms with Gasteiger partial charge >= 0.3 is 0 Å². The van der Waals surface area contributed by atoms with Crippen LogP contribution in [0.3, 0.4) is 0 Å². The fourth-order valence-electron chi connectivity index (χ4n) is 2.06. The summed E-state index contributed by atoms with van der Waals surface area (Å²) in [6.45, 7) is 7.26. The maximum atomic E-state index is 6.00. The van der Waals surface area contributed by atoms with Gasteiger partial charge in [0.05, 0.1) is 6.20 Å². The van der Waals surface area contributed by atoms with Gasteiger partial charge < -0.3 is 10.1 Å². The van der Waals surface area contributed by atoms with Gasteiger partial charge in [-0.05, 0) is 57.1 Å². The molecule has 1 atom stereocenters. The Kier molecular flexibility index (Phi) is 5.76. The normalized spacial score (nSPS) is 12.2. The van der Waals surface area contributed by atoms with E-state index in [-0.39, 0.29) is 6.04 Å². The Balaban J connectivity index is 2.23. The van der Waals surface area contributed by atoms with Crippen molar-refractivity contribution in [3.8, 4) is 11.5 Å². The van der Waals surface area contributed by atoms with Crippen molar-refractivity contribution in [2.24, 2.45) is 0 Å². The number of halogens is 1. The van der Waals surface area contributed by atoms with Crippen molar-refractivity contribution < 1.29 is 4.74 Å². The third-order valence-electron chi connectivity index (χ3n) is 3.25. The summed E-state index contributed by atoms with van der Waals surface area (Å²) in [4.78, 5) is 4.27. The molecular formula is C17H21BrN2O. The van der Waals surface area contributed by atoms with E-state index in [0.29, 0.717) is 0 Å². The molecule has 1 unspecified atom stereocenters. The Morgan fingerprint density at radius 3 is 2.76 bits per heavy atom. The molecule has 0 aliphatic rings. The Labute approximate surface area is 134 Å². The summed E-state index contributed by atoms with van der Waals surface area (Å²) < 4.78 is 7.05. The lowest BCUT2D eigenvalue weighted by Gasteiger charge is -2.18. The van der Waals surface area contributed by atoms with E-state index in [0.717, 1.165) is 40.2 Å². The minimum Gasteiger partial charge on any atom is -0.455 e. The van der Waals surface area contributed by atoms with Gasteiger partial charge in [0.15, 0.2) is 0 Å². The Bertz CT molecular complexity index is 584. The van der Waals surface area contributed by atoms with E-state index < -0.39 is 0 Å². The average molecular weight is 349 g/mol. The number of nitrogens with zero attached hydrogens (tertiary/aromatic N) is 1. The summed E-state index contributed by atoms with van der Waals surface area (Å²) in [6.07, 6.45) is 2.86. The van der Waals surface area contributed by atoms with Crippen LogP contribution >= 0.6 is 15.9 Å². The van der Waals surface area contributed by atoms with E-state index in [4.69, 9.17) is 4.74 Å². The number of pyridine rings is 1. The summed E-state index contributed by atoms with van der Waals surface area (Å²) in [5.41, 5.74) is 2.12. The van der Waals surface area contributed by atoms with Gasteiger partial charge in [-0.15, -0.1) is 0 Å². The number of aryl methyl sites for hydroxylation is 1. The quantitative estimate of drug-likeness (QED) is 0.796. The van der Waals surface area contributed by atoms with Crippen LogP contribution in [-0.4, -0.2) is 11.5 Å². The van der Waals surface area contributed by atoms with Crippen LogP contribution in [0.1, 0.15) is 37.6 Å². The van der Waals surface area contributed by atoms with Crippen LogP contribution in [-0.2, 0) is 0 Å². The summed E-state index contributed by atoms with van der Waals surface area (Å²) in [5.74, 6) is 1.62. The molecule has 4 heteroatoms. The molecule has 21 heavy (non-hydrogen) atoms. The van der Waals surface area contributed by atoms with Crippen LogP contribution in [0.5, 0.6) is 11.5 Å². The van der Waals surface area contributed by atoms with E-state index in [9.17, 15) is 0 Å². The number of rotatable bonds is 6. The number of hydrogen-bond donors (Lipinski definition) is 1. The van der Waals surface area contributed by atoms with Crippen LogP contribution in [0.25, 0.3) is 0 Å². The highest BCUT2D eigenvalue weighted by Gasteiger charge is 2.12. The fourth-order valence-corrected chi connectivity index (χ4v) is 2.44.